The molecule has 0 aliphatic carbocycles. The number of rotatable bonds is 3. The first-order chi connectivity index (χ1) is 9.74. The Morgan fingerprint density at radius 1 is 0.952 bits per heavy atom. The summed E-state index contributed by atoms with van der Waals surface area (Å²) in [4.78, 5) is 0.238. The van der Waals surface area contributed by atoms with Crippen LogP contribution in [0.2, 0.25) is 10.0 Å². The van der Waals surface area contributed by atoms with Crippen molar-refractivity contribution < 1.29 is 8.42 Å². The molecule has 0 amide bonds. The van der Waals surface area contributed by atoms with Gasteiger partial charge in [0.25, 0.3) is 10.0 Å². The first-order valence-corrected chi connectivity index (χ1v) is 8.51. The molecule has 2 rings (SSSR count). The van der Waals surface area contributed by atoms with Gasteiger partial charge in [-0.05, 0) is 55.7 Å². The highest BCUT2D eigenvalue weighted by Gasteiger charge is 2.20. The van der Waals surface area contributed by atoms with E-state index in [-0.39, 0.29) is 15.6 Å². The van der Waals surface area contributed by atoms with Crippen LogP contribution in [0.5, 0.6) is 0 Å². The quantitative estimate of drug-likeness (QED) is 0.876. The Balaban J connectivity index is 2.49. The summed E-state index contributed by atoms with van der Waals surface area (Å²) >= 11 is 11.9. The molecule has 0 aromatic heterocycles. The lowest BCUT2D eigenvalue weighted by molar-refractivity contribution is 0.600. The molecule has 3 nitrogen and oxygen atoms in total. The molecular formula is C15H15Cl2NO2S. The predicted molar refractivity (Wildman–Crippen MR) is 87.9 cm³/mol. The average Bonchev–Trinajstić information content (AvgIpc) is 2.41. The largest absolute Gasteiger partial charge is 0.278 e. The van der Waals surface area contributed by atoms with Crippen LogP contribution in [-0.2, 0) is 10.0 Å². The van der Waals surface area contributed by atoms with Gasteiger partial charge in [-0.15, -0.1) is 0 Å². The van der Waals surface area contributed by atoms with Crippen LogP contribution in [0.1, 0.15) is 16.7 Å². The molecule has 21 heavy (non-hydrogen) atoms. The molecule has 112 valence electrons. The fourth-order valence-corrected chi connectivity index (χ4v) is 3.78. The number of anilines is 1. The van der Waals surface area contributed by atoms with Gasteiger partial charge in [0.1, 0.15) is 0 Å². The molecule has 0 heterocycles. The molecule has 0 unspecified atom stereocenters. The molecular weight excluding hydrogens is 329 g/mol. The maximum absolute atomic E-state index is 12.5. The molecule has 0 spiro atoms. The molecule has 0 saturated carbocycles. The molecule has 0 aliphatic heterocycles. The highest BCUT2D eigenvalue weighted by molar-refractivity contribution is 7.92. The van der Waals surface area contributed by atoms with Gasteiger partial charge >= 0.3 is 0 Å². The third-order valence-corrected chi connectivity index (χ3v) is 5.82. The second kappa shape index (κ2) is 5.87. The number of hydrogen-bond acceptors (Lipinski definition) is 2. The minimum atomic E-state index is -3.72. The summed E-state index contributed by atoms with van der Waals surface area (Å²) in [6, 6.07) is 8.19. The zero-order valence-corrected chi connectivity index (χ0v) is 14.2. The molecule has 6 heteroatoms. The van der Waals surface area contributed by atoms with Crippen LogP contribution >= 0.6 is 23.2 Å². The van der Waals surface area contributed by atoms with E-state index in [9.17, 15) is 8.42 Å². The van der Waals surface area contributed by atoms with Crippen LogP contribution < -0.4 is 4.72 Å². The molecule has 1 N–H and O–H groups in total. The van der Waals surface area contributed by atoms with Crippen molar-refractivity contribution >= 4 is 38.9 Å². The van der Waals surface area contributed by atoms with Crippen LogP contribution in [0.25, 0.3) is 0 Å². The lowest BCUT2D eigenvalue weighted by atomic mass is 10.1. The van der Waals surface area contributed by atoms with Crippen molar-refractivity contribution in [1.29, 1.82) is 0 Å². The van der Waals surface area contributed by atoms with Crippen molar-refractivity contribution in [2.75, 3.05) is 4.72 Å². The maximum Gasteiger partial charge on any atom is 0.262 e. The predicted octanol–water partition coefficient (Wildman–Crippen LogP) is 4.72. The summed E-state index contributed by atoms with van der Waals surface area (Å²) in [6.07, 6.45) is 0. The van der Waals surface area contributed by atoms with E-state index in [0.29, 0.717) is 5.02 Å². The summed E-state index contributed by atoms with van der Waals surface area (Å²) in [6.45, 7) is 5.63. The fraction of sp³-hybridized carbons (Fsp3) is 0.200. The topological polar surface area (TPSA) is 46.2 Å². The van der Waals surface area contributed by atoms with E-state index in [2.05, 4.69) is 4.72 Å². The molecule has 0 radical (unpaired) electrons. The molecule has 0 fully saturated rings. The number of sulfonamides is 1. The SMILES string of the molecule is Cc1ccc(S(=O)(=O)Nc2cccc(Cl)c2Cl)c(C)c1C. The van der Waals surface area contributed by atoms with Crippen molar-refractivity contribution in [3.8, 4) is 0 Å². The smallest absolute Gasteiger partial charge is 0.262 e. The minimum Gasteiger partial charge on any atom is -0.278 e. The number of halogens is 2. The van der Waals surface area contributed by atoms with Gasteiger partial charge in [0, 0.05) is 0 Å². The number of benzene rings is 2. The molecule has 0 saturated heterocycles. The lowest BCUT2D eigenvalue weighted by Gasteiger charge is -2.14. The minimum absolute atomic E-state index is 0.184. The first kappa shape index (κ1) is 16.1. The first-order valence-electron chi connectivity index (χ1n) is 6.27. The van der Waals surface area contributed by atoms with Gasteiger partial charge in [-0.2, -0.15) is 0 Å². The van der Waals surface area contributed by atoms with Crippen molar-refractivity contribution in [1.82, 2.24) is 0 Å². The van der Waals surface area contributed by atoms with E-state index >= 15 is 0 Å². The van der Waals surface area contributed by atoms with Crippen LogP contribution in [0, 0.1) is 20.8 Å². The van der Waals surface area contributed by atoms with E-state index in [1.807, 2.05) is 13.8 Å². The third-order valence-electron chi connectivity index (χ3n) is 3.49. The molecule has 0 atom stereocenters. The van der Waals surface area contributed by atoms with E-state index in [1.54, 1.807) is 37.3 Å². The van der Waals surface area contributed by atoms with Crippen molar-refractivity contribution in [3.05, 3.63) is 57.1 Å². The zero-order chi connectivity index (χ0) is 15.8. The summed E-state index contributed by atoms with van der Waals surface area (Å²) in [5.74, 6) is 0. The van der Waals surface area contributed by atoms with E-state index in [0.717, 1.165) is 16.7 Å². The van der Waals surface area contributed by atoms with E-state index in [1.165, 1.54) is 0 Å². The van der Waals surface area contributed by atoms with Crippen molar-refractivity contribution in [2.24, 2.45) is 0 Å². The normalized spacial score (nSPS) is 11.5. The number of hydrogen-bond donors (Lipinski definition) is 1. The van der Waals surface area contributed by atoms with Gasteiger partial charge in [-0.3, -0.25) is 4.72 Å². The van der Waals surface area contributed by atoms with E-state index < -0.39 is 10.0 Å². The standard InChI is InChI=1S/C15H15Cl2NO2S/c1-9-7-8-14(11(3)10(9)2)21(19,20)18-13-6-4-5-12(16)15(13)17/h4-8,18H,1-3H3. The van der Waals surface area contributed by atoms with Gasteiger partial charge in [0.05, 0.1) is 20.6 Å². The monoisotopic (exact) mass is 343 g/mol. The molecule has 0 bridgehead atoms. The molecule has 0 aliphatic rings. The Morgan fingerprint density at radius 3 is 2.29 bits per heavy atom. The Labute approximate surface area is 135 Å². The second-order valence-corrected chi connectivity index (χ2v) is 7.27. The average molecular weight is 344 g/mol. The summed E-state index contributed by atoms with van der Waals surface area (Å²) < 4.78 is 27.6. The summed E-state index contributed by atoms with van der Waals surface area (Å²) in [7, 11) is -3.72. The van der Waals surface area contributed by atoms with Gasteiger partial charge in [-0.25, -0.2) is 8.42 Å². The van der Waals surface area contributed by atoms with Crippen LogP contribution in [0.4, 0.5) is 5.69 Å². The van der Waals surface area contributed by atoms with Gasteiger partial charge in [-0.1, -0.05) is 35.3 Å². The summed E-state index contributed by atoms with van der Waals surface area (Å²) in [5.41, 5.74) is 2.99. The van der Waals surface area contributed by atoms with Gasteiger partial charge in [0.15, 0.2) is 0 Å². The number of aryl methyl sites for hydroxylation is 1. The molecule has 2 aromatic carbocycles. The Morgan fingerprint density at radius 2 is 1.62 bits per heavy atom. The van der Waals surface area contributed by atoms with E-state index in [4.69, 9.17) is 23.2 Å². The van der Waals surface area contributed by atoms with Gasteiger partial charge < -0.3 is 0 Å². The van der Waals surface area contributed by atoms with Crippen LogP contribution in [0.3, 0.4) is 0 Å². The lowest BCUT2D eigenvalue weighted by Crippen LogP contribution is -2.15. The third kappa shape index (κ3) is 3.18. The second-order valence-electron chi connectivity index (χ2n) is 4.84. The zero-order valence-electron chi connectivity index (χ0n) is 11.9. The van der Waals surface area contributed by atoms with Crippen molar-refractivity contribution in [3.63, 3.8) is 0 Å². The van der Waals surface area contributed by atoms with Gasteiger partial charge in [0.2, 0.25) is 0 Å². The molecule has 2 aromatic rings. The highest BCUT2D eigenvalue weighted by atomic mass is 35.5. The van der Waals surface area contributed by atoms with Crippen LogP contribution in [0.15, 0.2) is 35.2 Å². The highest BCUT2D eigenvalue weighted by Crippen LogP contribution is 2.32. The summed E-state index contributed by atoms with van der Waals surface area (Å²) in [5, 5.41) is 0.484. The van der Waals surface area contributed by atoms with Crippen LogP contribution in [-0.4, -0.2) is 8.42 Å². The fourth-order valence-electron chi connectivity index (χ4n) is 2.00. The Hall–Kier alpha value is -1.23. The number of nitrogens with one attached hydrogen (secondary N) is 1. The maximum atomic E-state index is 12.5. The Bertz CT molecular complexity index is 802. The Kier molecular flexibility index (Phi) is 4.51. The van der Waals surface area contributed by atoms with Crippen molar-refractivity contribution in [2.45, 2.75) is 25.7 Å².